The van der Waals surface area contributed by atoms with E-state index in [-0.39, 0.29) is 11.6 Å². The second-order valence-corrected chi connectivity index (χ2v) is 10.4. The highest BCUT2D eigenvalue weighted by Gasteiger charge is 2.35. The fourth-order valence-corrected chi connectivity index (χ4v) is 6.16. The minimum atomic E-state index is -0.449. The van der Waals surface area contributed by atoms with E-state index in [2.05, 4.69) is 37.8 Å². The first-order valence-electron chi connectivity index (χ1n) is 13.4. The summed E-state index contributed by atoms with van der Waals surface area (Å²) in [5, 5.41) is 0. The third-order valence-corrected chi connectivity index (χ3v) is 8.17. The summed E-state index contributed by atoms with van der Waals surface area (Å²) in [5.41, 5.74) is 2.43. The normalized spacial score (nSPS) is 24.2. The highest BCUT2D eigenvalue weighted by molar-refractivity contribution is 5.91. The van der Waals surface area contributed by atoms with E-state index in [9.17, 15) is 9.18 Å². The van der Waals surface area contributed by atoms with Crippen LogP contribution in [0.1, 0.15) is 92.1 Å². The summed E-state index contributed by atoms with van der Waals surface area (Å²) >= 11 is 0. The van der Waals surface area contributed by atoms with Crippen LogP contribution in [0.15, 0.2) is 67.3 Å². The molecule has 2 saturated carbocycles. The van der Waals surface area contributed by atoms with Gasteiger partial charge in [-0.3, -0.25) is 0 Å². The van der Waals surface area contributed by atoms with Crippen molar-refractivity contribution in [3.05, 3.63) is 89.8 Å². The number of hydrogen-bond donors (Lipinski definition) is 0. The summed E-state index contributed by atoms with van der Waals surface area (Å²) in [4.78, 5) is 12.6. The highest BCUT2D eigenvalue weighted by Crippen LogP contribution is 2.48. The number of ether oxygens (including phenoxy) is 1. The second kappa shape index (κ2) is 12.3. The van der Waals surface area contributed by atoms with Crippen LogP contribution in [0.4, 0.5) is 4.39 Å². The van der Waals surface area contributed by atoms with Gasteiger partial charge >= 0.3 is 5.97 Å². The fourth-order valence-electron chi connectivity index (χ4n) is 6.16. The Bertz CT molecular complexity index is 1020. The van der Waals surface area contributed by atoms with Gasteiger partial charge in [-0.25, -0.2) is 9.18 Å². The zero-order valence-electron chi connectivity index (χ0n) is 21.1. The monoisotopic (exact) mass is 474 g/mol. The number of carbonyl (C=O) groups excluding carboxylic acids is 1. The number of allylic oxidation sites excluding steroid dienone is 3. The molecule has 0 radical (unpaired) electrons. The zero-order chi connectivity index (χ0) is 24.6. The molecule has 4 rings (SSSR count). The van der Waals surface area contributed by atoms with Crippen molar-refractivity contribution in [2.75, 3.05) is 0 Å². The Morgan fingerprint density at radius 2 is 1.80 bits per heavy atom. The molecule has 4 atom stereocenters. The summed E-state index contributed by atoms with van der Waals surface area (Å²) in [5.74, 6) is 2.67. The molecule has 0 spiro atoms. The summed E-state index contributed by atoms with van der Waals surface area (Å²) in [6.45, 7) is 5.78. The van der Waals surface area contributed by atoms with Crippen molar-refractivity contribution in [2.24, 2.45) is 17.8 Å². The van der Waals surface area contributed by atoms with Crippen LogP contribution < -0.4 is 4.74 Å². The number of aryl methyl sites for hydroxylation is 1. The first-order valence-corrected chi connectivity index (χ1v) is 13.4. The van der Waals surface area contributed by atoms with Crippen molar-refractivity contribution in [3.63, 3.8) is 0 Å². The Hall–Kier alpha value is -2.68. The van der Waals surface area contributed by atoms with Gasteiger partial charge in [0.25, 0.3) is 0 Å². The van der Waals surface area contributed by atoms with Crippen molar-refractivity contribution in [2.45, 2.75) is 77.0 Å². The molecule has 2 aromatic rings. The smallest absolute Gasteiger partial charge is 0.343 e. The molecule has 3 heteroatoms. The predicted octanol–water partition coefficient (Wildman–Crippen LogP) is 8.82. The summed E-state index contributed by atoms with van der Waals surface area (Å²) < 4.78 is 19.7. The van der Waals surface area contributed by atoms with E-state index >= 15 is 0 Å². The summed E-state index contributed by atoms with van der Waals surface area (Å²) in [6, 6.07) is 12.5. The van der Waals surface area contributed by atoms with Gasteiger partial charge in [-0.2, -0.15) is 0 Å². The Morgan fingerprint density at radius 1 is 1.03 bits per heavy atom. The summed E-state index contributed by atoms with van der Waals surface area (Å²) in [7, 11) is 0. The minimum absolute atomic E-state index is 0.235. The molecule has 0 bridgehead atoms. The van der Waals surface area contributed by atoms with Crippen LogP contribution in [0, 0.1) is 23.6 Å². The number of fused-ring (bicyclic) bond motifs is 1. The number of hydrogen-bond acceptors (Lipinski definition) is 2. The molecule has 0 aromatic heterocycles. The lowest BCUT2D eigenvalue weighted by atomic mass is 9.63. The highest BCUT2D eigenvalue weighted by atomic mass is 19.1. The van der Waals surface area contributed by atoms with Gasteiger partial charge in [0.05, 0.1) is 5.56 Å². The quantitative estimate of drug-likeness (QED) is 0.206. The van der Waals surface area contributed by atoms with E-state index in [0.29, 0.717) is 29.9 Å². The lowest BCUT2D eigenvalue weighted by Crippen LogP contribution is -2.30. The molecule has 2 aromatic carbocycles. The first-order chi connectivity index (χ1) is 17.1. The van der Waals surface area contributed by atoms with Crippen LogP contribution in [-0.2, 0) is 6.42 Å². The maximum absolute atomic E-state index is 14.3. The third kappa shape index (κ3) is 6.72. The van der Waals surface area contributed by atoms with E-state index in [1.165, 1.54) is 63.0 Å². The first kappa shape index (κ1) is 25.4. The Labute approximate surface area is 210 Å². The molecule has 0 heterocycles. The van der Waals surface area contributed by atoms with Gasteiger partial charge in [-0.1, -0.05) is 42.8 Å². The number of halogens is 1. The third-order valence-electron chi connectivity index (χ3n) is 8.17. The molecule has 2 aliphatic carbocycles. The standard InChI is InChI=1S/C32H39FO2/c1-3-5-7-8-23-10-11-29-21-28(17-16-27(29)20-23)24-12-14-26(15-13-24)32(34)35-30-19-18-25(9-6-4-2)31(33)22-30/h3-5,12-15,18-19,22-23,27-29H,2,6-11,16-17,20-21H2,1H3/b5-3+. The molecular formula is C32H39FO2. The van der Waals surface area contributed by atoms with E-state index in [1.54, 1.807) is 18.2 Å². The van der Waals surface area contributed by atoms with E-state index in [1.807, 2.05) is 12.1 Å². The van der Waals surface area contributed by atoms with E-state index < -0.39 is 5.97 Å². The minimum Gasteiger partial charge on any atom is -0.423 e. The lowest BCUT2D eigenvalue weighted by molar-refractivity contribution is 0.0734. The molecule has 0 aliphatic heterocycles. The van der Waals surface area contributed by atoms with Crippen molar-refractivity contribution in [1.82, 2.24) is 0 Å². The van der Waals surface area contributed by atoms with Crippen molar-refractivity contribution >= 4 is 5.97 Å². The Morgan fingerprint density at radius 3 is 2.54 bits per heavy atom. The molecule has 2 nitrogen and oxygen atoms in total. The van der Waals surface area contributed by atoms with E-state index in [4.69, 9.17) is 4.74 Å². The number of rotatable bonds is 9. The topological polar surface area (TPSA) is 26.3 Å². The van der Waals surface area contributed by atoms with Crippen LogP contribution in [-0.4, -0.2) is 5.97 Å². The number of esters is 1. The van der Waals surface area contributed by atoms with Crippen molar-refractivity contribution in [1.29, 1.82) is 0 Å². The maximum atomic E-state index is 14.3. The van der Waals surface area contributed by atoms with Crippen LogP contribution in [0.25, 0.3) is 0 Å². The predicted molar refractivity (Wildman–Crippen MR) is 141 cm³/mol. The molecule has 2 aliphatic rings. The largest absolute Gasteiger partial charge is 0.423 e. The van der Waals surface area contributed by atoms with Crippen LogP contribution >= 0.6 is 0 Å². The maximum Gasteiger partial charge on any atom is 0.343 e. The lowest BCUT2D eigenvalue weighted by Gasteiger charge is -2.42. The molecule has 35 heavy (non-hydrogen) atoms. The Balaban J connectivity index is 1.30. The summed E-state index contributed by atoms with van der Waals surface area (Å²) in [6.07, 6.45) is 18.1. The van der Waals surface area contributed by atoms with Gasteiger partial charge < -0.3 is 4.74 Å². The second-order valence-electron chi connectivity index (χ2n) is 10.4. The number of benzene rings is 2. The molecular weight excluding hydrogens is 435 g/mol. The van der Waals surface area contributed by atoms with Crippen molar-refractivity contribution < 1.29 is 13.9 Å². The van der Waals surface area contributed by atoms with Crippen LogP contribution in [0.5, 0.6) is 5.75 Å². The SMILES string of the molecule is C=CCCc1ccc(OC(=O)c2ccc(C3CCC4CC(CC/C=C/C)CCC4C3)cc2)cc1F. The van der Waals surface area contributed by atoms with E-state index in [0.717, 1.165) is 17.8 Å². The van der Waals surface area contributed by atoms with Gasteiger partial charge in [0.1, 0.15) is 11.6 Å². The molecule has 2 fully saturated rings. The molecule has 4 unspecified atom stereocenters. The molecule has 186 valence electrons. The van der Waals surface area contributed by atoms with Gasteiger partial charge in [-0.15, -0.1) is 6.58 Å². The average molecular weight is 475 g/mol. The van der Waals surface area contributed by atoms with Gasteiger partial charge in [-0.05, 0) is 118 Å². The zero-order valence-corrected chi connectivity index (χ0v) is 21.1. The molecule has 0 amide bonds. The Kier molecular flexibility index (Phi) is 8.95. The van der Waals surface area contributed by atoms with Gasteiger partial charge in [0, 0.05) is 6.07 Å². The van der Waals surface area contributed by atoms with Gasteiger partial charge in [0.2, 0.25) is 0 Å². The number of carbonyl (C=O) groups is 1. The van der Waals surface area contributed by atoms with Crippen molar-refractivity contribution in [3.8, 4) is 5.75 Å². The van der Waals surface area contributed by atoms with Crippen LogP contribution in [0.2, 0.25) is 0 Å². The van der Waals surface area contributed by atoms with Gasteiger partial charge in [0.15, 0.2) is 0 Å². The average Bonchev–Trinajstić information content (AvgIpc) is 2.88. The molecule has 0 saturated heterocycles. The van der Waals surface area contributed by atoms with Crippen LogP contribution in [0.3, 0.4) is 0 Å². The molecule has 0 N–H and O–H groups in total. The fraction of sp³-hybridized carbons (Fsp3) is 0.469.